The first-order valence-electron chi connectivity index (χ1n) is 6.75. The maximum atomic E-state index is 6.09. The van der Waals surface area contributed by atoms with Crippen LogP contribution in [-0.4, -0.2) is 54.5 Å². The van der Waals surface area contributed by atoms with Crippen LogP contribution in [0.1, 0.15) is 37.7 Å². The monoisotopic (exact) mass is 270 g/mol. The number of likely N-dealkylation sites (N-methyl/N-ethyl adjacent to an activating group) is 1. The van der Waals surface area contributed by atoms with Gasteiger partial charge >= 0.3 is 0 Å². The highest BCUT2D eigenvalue weighted by molar-refractivity contribution is 4.96. The van der Waals surface area contributed by atoms with Crippen molar-refractivity contribution in [3.05, 3.63) is 11.7 Å². The zero-order chi connectivity index (χ0) is 13.7. The second-order valence-corrected chi connectivity index (χ2v) is 4.52. The van der Waals surface area contributed by atoms with Crippen LogP contribution in [0.4, 0.5) is 0 Å². The van der Waals surface area contributed by atoms with E-state index in [4.69, 9.17) is 19.7 Å². The Balaban J connectivity index is 1.95. The Morgan fingerprint density at radius 2 is 2.16 bits per heavy atom. The zero-order valence-electron chi connectivity index (χ0n) is 11.5. The molecule has 2 unspecified atom stereocenters. The Bertz CT molecular complexity index is 375. The number of hydrogen-bond donors (Lipinski definition) is 1. The molecule has 2 heterocycles. The molecule has 0 amide bonds. The summed E-state index contributed by atoms with van der Waals surface area (Å²) < 4.78 is 16.0. The number of hydrogen-bond acceptors (Lipinski definition) is 7. The van der Waals surface area contributed by atoms with Gasteiger partial charge in [-0.1, -0.05) is 19.0 Å². The van der Waals surface area contributed by atoms with Crippen molar-refractivity contribution in [2.75, 3.05) is 39.5 Å². The maximum Gasteiger partial charge on any atom is 0.258 e. The fourth-order valence-electron chi connectivity index (χ4n) is 2.00. The van der Waals surface area contributed by atoms with Crippen LogP contribution in [-0.2, 0) is 9.47 Å². The first-order valence-corrected chi connectivity index (χ1v) is 6.75. The van der Waals surface area contributed by atoms with Crippen molar-refractivity contribution in [1.29, 1.82) is 0 Å². The van der Waals surface area contributed by atoms with E-state index in [9.17, 15) is 0 Å². The molecule has 0 aromatic carbocycles. The van der Waals surface area contributed by atoms with E-state index in [0.717, 1.165) is 13.1 Å². The Morgan fingerprint density at radius 1 is 1.37 bits per heavy atom. The third-order valence-corrected chi connectivity index (χ3v) is 3.23. The minimum Gasteiger partial charge on any atom is -0.376 e. The topological polar surface area (TPSA) is 86.6 Å². The van der Waals surface area contributed by atoms with Crippen LogP contribution in [0.2, 0.25) is 0 Å². The highest BCUT2D eigenvalue weighted by Gasteiger charge is 2.25. The normalized spacial score (nSPS) is 21.8. The summed E-state index contributed by atoms with van der Waals surface area (Å²) in [6, 6.07) is -0.248. The average molecular weight is 270 g/mol. The molecule has 0 saturated carbocycles. The van der Waals surface area contributed by atoms with Gasteiger partial charge in [0.05, 0.1) is 25.9 Å². The molecule has 19 heavy (non-hydrogen) atoms. The van der Waals surface area contributed by atoms with Gasteiger partial charge in [0.1, 0.15) is 0 Å². The Hall–Kier alpha value is -1.02. The summed E-state index contributed by atoms with van der Waals surface area (Å²) >= 11 is 0. The van der Waals surface area contributed by atoms with Gasteiger partial charge in [0, 0.05) is 6.54 Å². The molecule has 108 valence electrons. The van der Waals surface area contributed by atoms with Crippen LogP contribution in [0.25, 0.3) is 0 Å². The van der Waals surface area contributed by atoms with Crippen LogP contribution in [0.15, 0.2) is 4.52 Å². The maximum absolute atomic E-state index is 6.09. The fourth-order valence-corrected chi connectivity index (χ4v) is 2.00. The molecule has 1 aliphatic rings. The van der Waals surface area contributed by atoms with E-state index in [-0.39, 0.29) is 12.1 Å². The van der Waals surface area contributed by atoms with Crippen LogP contribution < -0.4 is 5.73 Å². The van der Waals surface area contributed by atoms with E-state index in [2.05, 4.69) is 28.9 Å². The lowest BCUT2D eigenvalue weighted by Crippen LogP contribution is -2.32. The second kappa shape index (κ2) is 6.95. The standard InChI is InChI=1S/C12H22N4O3/c1-3-16(4-2)7-9(13)11-14-12(19-15-11)10-8-17-5-6-18-10/h9-10H,3-8,13H2,1-2H3. The molecule has 7 heteroatoms. The van der Waals surface area contributed by atoms with Crippen molar-refractivity contribution < 1.29 is 14.0 Å². The van der Waals surface area contributed by atoms with E-state index in [1.165, 1.54) is 0 Å². The van der Waals surface area contributed by atoms with Crippen LogP contribution in [0, 0.1) is 0 Å². The van der Waals surface area contributed by atoms with Gasteiger partial charge in [-0.3, -0.25) is 0 Å². The fraction of sp³-hybridized carbons (Fsp3) is 0.833. The molecular formula is C12H22N4O3. The summed E-state index contributed by atoms with van der Waals surface area (Å²) in [6.07, 6.45) is -0.268. The number of ether oxygens (including phenoxy) is 2. The smallest absolute Gasteiger partial charge is 0.258 e. The van der Waals surface area contributed by atoms with Crippen molar-refractivity contribution >= 4 is 0 Å². The van der Waals surface area contributed by atoms with Crippen molar-refractivity contribution in [2.24, 2.45) is 5.73 Å². The Labute approximate surface area is 113 Å². The van der Waals surface area contributed by atoms with Gasteiger partial charge in [0.25, 0.3) is 5.89 Å². The van der Waals surface area contributed by atoms with Crippen molar-refractivity contribution in [2.45, 2.75) is 26.0 Å². The number of nitrogens with two attached hydrogens (primary N) is 1. The molecule has 2 atom stereocenters. The van der Waals surface area contributed by atoms with Gasteiger partial charge in [-0.15, -0.1) is 0 Å². The molecule has 1 fully saturated rings. The highest BCUT2D eigenvalue weighted by Crippen LogP contribution is 2.20. The predicted molar refractivity (Wildman–Crippen MR) is 68.5 cm³/mol. The Morgan fingerprint density at radius 3 is 2.79 bits per heavy atom. The van der Waals surface area contributed by atoms with Crippen molar-refractivity contribution in [1.82, 2.24) is 15.0 Å². The van der Waals surface area contributed by atoms with E-state index in [1.807, 2.05) is 0 Å². The molecule has 2 rings (SSSR count). The van der Waals surface area contributed by atoms with Gasteiger partial charge in [-0.2, -0.15) is 4.98 Å². The molecule has 1 aromatic heterocycles. The molecule has 0 radical (unpaired) electrons. The van der Waals surface area contributed by atoms with Crippen LogP contribution >= 0.6 is 0 Å². The first kappa shape index (κ1) is 14.4. The lowest BCUT2D eigenvalue weighted by atomic mass is 10.2. The summed E-state index contributed by atoms with van der Waals surface area (Å²) in [5.74, 6) is 0.973. The summed E-state index contributed by atoms with van der Waals surface area (Å²) in [7, 11) is 0. The van der Waals surface area contributed by atoms with Crippen molar-refractivity contribution in [3.8, 4) is 0 Å². The summed E-state index contributed by atoms with van der Waals surface area (Å²) in [5.41, 5.74) is 6.09. The van der Waals surface area contributed by atoms with E-state index < -0.39 is 0 Å². The minimum atomic E-state index is -0.268. The van der Waals surface area contributed by atoms with Gasteiger partial charge in [-0.05, 0) is 13.1 Å². The molecule has 2 N–H and O–H groups in total. The minimum absolute atomic E-state index is 0.248. The van der Waals surface area contributed by atoms with E-state index in [1.54, 1.807) is 0 Å². The molecule has 1 aromatic rings. The predicted octanol–water partition coefficient (Wildman–Crippen LogP) is 0.499. The molecule has 0 aliphatic carbocycles. The molecule has 7 nitrogen and oxygen atoms in total. The third-order valence-electron chi connectivity index (χ3n) is 3.23. The molecule has 0 bridgehead atoms. The first-order chi connectivity index (χ1) is 9.24. The SMILES string of the molecule is CCN(CC)CC(N)c1noc(C2COCCO2)n1. The van der Waals surface area contributed by atoms with Gasteiger partial charge < -0.3 is 24.6 Å². The van der Waals surface area contributed by atoms with Gasteiger partial charge in [0.15, 0.2) is 11.9 Å². The lowest BCUT2D eigenvalue weighted by molar-refractivity contribution is -0.101. The third kappa shape index (κ3) is 3.73. The zero-order valence-corrected chi connectivity index (χ0v) is 11.5. The number of nitrogens with zero attached hydrogens (tertiary/aromatic N) is 3. The molecule has 1 aliphatic heterocycles. The molecular weight excluding hydrogens is 248 g/mol. The van der Waals surface area contributed by atoms with Crippen LogP contribution in [0.5, 0.6) is 0 Å². The Kier molecular flexibility index (Phi) is 5.26. The summed E-state index contributed by atoms with van der Waals surface area (Å²) in [4.78, 5) is 6.54. The molecule has 0 spiro atoms. The van der Waals surface area contributed by atoms with E-state index in [0.29, 0.717) is 38.1 Å². The van der Waals surface area contributed by atoms with Crippen LogP contribution in [0.3, 0.4) is 0 Å². The van der Waals surface area contributed by atoms with Crippen molar-refractivity contribution in [3.63, 3.8) is 0 Å². The largest absolute Gasteiger partial charge is 0.376 e. The molecule has 1 saturated heterocycles. The second-order valence-electron chi connectivity index (χ2n) is 4.52. The quantitative estimate of drug-likeness (QED) is 0.805. The summed E-state index contributed by atoms with van der Waals surface area (Å²) in [6.45, 7) is 8.44. The van der Waals surface area contributed by atoms with Gasteiger partial charge in [-0.25, -0.2) is 0 Å². The van der Waals surface area contributed by atoms with Gasteiger partial charge in [0.2, 0.25) is 0 Å². The lowest BCUT2D eigenvalue weighted by Gasteiger charge is -2.20. The average Bonchev–Trinajstić information content (AvgIpc) is 2.95. The summed E-state index contributed by atoms with van der Waals surface area (Å²) in [5, 5.41) is 3.94. The van der Waals surface area contributed by atoms with E-state index >= 15 is 0 Å². The number of rotatable bonds is 6. The highest BCUT2D eigenvalue weighted by atomic mass is 16.6. The number of aromatic nitrogens is 2.